The fourth-order valence-corrected chi connectivity index (χ4v) is 4.20. The predicted octanol–water partition coefficient (Wildman–Crippen LogP) is 1.93. The normalized spacial score (nSPS) is 18.8. The summed E-state index contributed by atoms with van der Waals surface area (Å²) in [5.74, 6) is -0.902. The number of aromatic nitrogens is 2. The molecule has 1 atom stereocenters. The molecule has 0 bridgehead atoms. The highest BCUT2D eigenvalue weighted by molar-refractivity contribution is 6.32. The van der Waals surface area contributed by atoms with Crippen LogP contribution in [0.1, 0.15) is 18.3 Å². The summed E-state index contributed by atoms with van der Waals surface area (Å²) < 4.78 is 21.0. The van der Waals surface area contributed by atoms with Crippen molar-refractivity contribution in [1.29, 1.82) is 0 Å². The number of fused-ring (bicyclic) bond motifs is 1. The van der Waals surface area contributed by atoms with Crippen molar-refractivity contribution in [2.24, 2.45) is 7.05 Å². The summed E-state index contributed by atoms with van der Waals surface area (Å²) in [5, 5.41) is 0.631. The van der Waals surface area contributed by atoms with Gasteiger partial charge in [0.25, 0.3) is 5.56 Å². The molecule has 1 saturated heterocycles. The minimum absolute atomic E-state index is 0.0166. The highest BCUT2D eigenvalue weighted by Crippen LogP contribution is 2.37. The lowest BCUT2D eigenvalue weighted by Crippen LogP contribution is -2.41. The molecule has 1 fully saturated rings. The minimum Gasteiger partial charge on any atom is -0.378 e. The summed E-state index contributed by atoms with van der Waals surface area (Å²) >= 11 is 6.28. The number of carbonyl (C=O) groups is 1. The summed E-state index contributed by atoms with van der Waals surface area (Å²) in [5.41, 5.74) is 0.919. The first-order chi connectivity index (χ1) is 13.9. The third-order valence-corrected chi connectivity index (χ3v) is 5.85. The molecule has 2 aliphatic heterocycles. The Labute approximate surface area is 172 Å². The van der Waals surface area contributed by atoms with Gasteiger partial charge in [0.1, 0.15) is 5.82 Å². The van der Waals surface area contributed by atoms with E-state index >= 15 is 0 Å². The molecule has 1 aromatic heterocycles. The number of ether oxygens (including phenoxy) is 1. The number of nitrogens with zero attached hydrogens (tertiary/aromatic N) is 4. The Bertz CT molecular complexity index is 1020. The van der Waals surface area contributed by atoms with Crippen molar-refractivity contribution in [1.82, 2.24) is 9.55 Å². The van der Waals surface area contributed by atoms with Gasteiger partial charge in [-0.3, -0.25) is 14.2 Å². The molecule has 9 heteroatoms. The fourth-order valence-electron chi connectivity index (χ4n) is 3.95. The lowest BCUT2D eigenvalue weighted by Gasteiger charge is -2.28. The summed E-state index contributed by atoms with van der Waals surface area (Å²) in [7, 11) is 1.43. The number of rotatable bonds is 3. The van der Waals surface area contributed by atoms with Crippen LogP contribution in [0.25, 0.3) is 0 Å². The van der Waals surface area contributed by atoms with Crippen molar-refractivity contribution in [3.63, 3.8) is 0 Å². The molecule has 0 radical (unpaired) electrons. The molecule has 7 nitrogen and oxygen atoms in total. The smallest absolute Gasteiger partial charge is 0.291 e. The Morgan fingerprint density at radius 1 is 1.34 bits per heavy atom. The van der Waals surface area contributed by atoms with Crippen molar-refractivity contribution >= 4 is 29.0 Å². The van der Waals surface area contributed by atoms with Gasteiger partial charge in [0.15, 0.2) is 5.82 Å². The van der Waals surface area contributed by atoms with Gasteiger partial charge in [-0.05, 0) is 31.0 Å². The molecule has 4 rings (SSSR count). The van der Waals surface area contributed by atoms with E-state index in [-0.39, 0.29) is 30.0 Å². The number of benzene rings is 1. The van der Waals surface area contributed by atoms with E-state index in [1.165, 1.54) is 7.05 Å². The van der Waals surface area contributed by atoms with Crippen LogP contribution in [0.15, 0.2) is 23.0 Å². The van der Waals surface area contributed by atoms with E-state index in [1.54, 1.807) is 15.9 Å². The predicted molar refractivity (Wildman–Crippen MR) is 108 cm³/mol. The zero-order valence-electron chi connectivity index (χ0n) is 16.3. The molecular weight excluding hydrogens is 399 g/mol. The fraction of sp³-hybridized carbons (Fsp3) is 0.450. The second kappa shape index (κ2) is 7.76. The van der Waals surface area contributed by atoms with Crippen molar-refractivity contribution < 1.29 is 13.9 Å². The van der Waals surface area contributed by atoms with Gasteiger partial charge in [-0.1, -0.05) is 17.7 Å². The third-order valence-electron chi connectivity index (χ3n) is 5.49. The van der Waals surface area contributed by atoms with Crippen molar-refractivity contribution in [3.05, 3.63) is 50.8 Å². The van der Waals surface area contributed by atoms with E-state index in [0.717, 1.165) is 15.8 Å². The SMILES string of the molecule is C[C@H]1Cc2c(Cl)cccc2N1C(=O)Cc1nc(N2CCOCC2)c(F)c(=O)n1C. The average Bonchev–Trinajstić information content (AvgIpc) is 3.06. The Kier molecular flexibility index (Phi) is 5.31. The first-order valence-corrected chi connectivity index (χ1v) is 9.93. The van der Waals surface area contributed by atoms with E-state index in [4.69, 9.17) is 16.3 Å². The molecule has 0 spiro atoms. The van der Waals surface area contributed by atoms with Crippen LogP contribution in [-0.4, -0.2) is 47.8 Å². The van der Waals surface area contributed by atoms with Gasteiger partial charge in [0.2, 0.25) is 11.7 Å². The molecule has 2 aliphatic rings. The third kappa shape index (κ3) is 3.51. The minimum atomic E-state index is -0.905. The maximum atomic E-state index is 14.6. The second-order valence-electron chi connectivity index (χ2n) is 7.36. The summed E-state index contributed by atoms with van der Waals surface area (Å²) in [6.45, 7) is 3.71. The lowest BCUT2D eigenvalue weighted by atomic mass is 10.1. The molecule has 2 aromatic rings. The topological polar surface area (TPSA) is 67.7 Å². The number of hydrogen-bond acceptors (Lipinski definition) is 5. The highest BCUT2D eigenvalue weighted by atomic mass is 35.5. The molecular formula is C20H22ClFN4O3. The first-order valence-electron chi connectivity index (χ1n) is 9.56. The van der Waals surface area contributed by atoms with Crippen molar-refractivity contribution in [2.75, 3.05) is 36.1 Å². The first kappa shape index (κ1) is 19.8. The van der Waals surface area contributed by atoms with Crippen molar-refractivity contribution in [2.45, 2.75) is 25.8 Å². The van der Waals surface area contributed by atoms with Crippen LogP contribution in [0.3, 0.4) is 0 Å². The number of carbonyl (C=O) groups excluding carboxylic acids is 1. The lowest BCUT2D eigenvalue weighted by molar-refractivity contribution is -0.118. The standard InChI is InChI=1S/C20H22ClFN4O3/c1-12-10-13-14(21)4-3-5-15(13)26(12)17(27)11-16-23-19(18(22)20(28)24(16)2)25-6-8-29-9-7-25/h3-5,12H,6-11H2,1-2H3/t12-/m0/s1. The molecule has 0 unspecified atom stereocenters. The van der Waals surface area contributed by atoms with E-state index in [0.29, 0.717) is 37.7 Å². The van der Waals surface area contributed by atoms with Crippen LogP contribution in [0.5, 0.6) is 0 Å². The molecule has 1 amide bonds. The summed E-state index contributed by atoms with van der Waals surface area (Å²) in [6, 6.07) is 5.41. The molecule has 1 aromatic carbocycles. The largest absolute Gasteiger partial charge is 0.378 e. The maximum absolute atomic E-state index is 14.6. The number of amides is 1. The number of halogens is 2. The Morgan fingerprint density at radius 3 is 2.79 bits per heavy atom. The van der Waals surface area contributed by atoms with Gasteiger partial charge in [-0.25, -0.2) is 4.98 Å². The van der Waals surface area contributed by atoms with Crippen LogP contribution in [0.4, 0.5) is 15.9 Å². The van der Waals surface area contributed by atoms with Gasteiger partial charge in [0, 0.05) is 36.9 Å². The monoisotopic (exact) mass is 420 g/mol. The van der Waals surface area contributed by atoms with Gasteiger partial charge < -0.3 is 14.5 Å². The van der Waals surface area contributed by atoms with Crippen LogP contribution in [0.2, 0.25) is 5.02 Å². The van der Waals surface area contributed by atoms with Crippen LogP contribution in [-0.2, 0) is 29.4 Å². The van der Waals surface area contributed by atoms with E-state index < -0.39 is 11.4 Å². The summed E-state index contributed by atoms with van der Waals surface area (Å²) in [6.07, 6.45) is 0.551. The Balaban J connectivity index is 1.66. The van der Waals surface area contributed by atoms with Crippen LogP contribution >= 0.6 is 11.6 Å². The summed E-state index contributed by atoms with van der Waals surface area (Å²) in [4.78, 5) is 33.3. The maximum Gasteiger partial charge on any atom is 0.291 e. The zero-order chi connectivity index (χ0) is 20.7. The highest BCUT2D eigenvalue weighted by Gasteiger charge is 2.33. The van der Waals surface area contributed by atoms with Crippen molar-refractivity contribution in [3.8, 4) is 0 Å². The molecule has 3 heterocycles. The molecule has 154 valence electrons. The molecule has 0 N–H and O–H groups in total. The van der Waals surface area contributed by atoms with Gasteiger partial charge >= 0.3 is 0 Å². The van der Waals surface area contributed by atoms with E-state index in [9.17, 15) is 14.0 Å². The Morgan fingerprint density at radius 2 is 2.07 bits per heavy atom. The van der Waals surface area contributed by atoms with Gasteiger partial charge in [0.05, 0.1) is 19.6 Å². The van der Waals surface area contributed by atoms with E-state index in [1.807, 2.05) is 19.1 Å². The van der Waals surface area contributed by atoms with E-state index in [2.05, 4.69) is 4.98 Å². The molecule has 0 saturated carbocycles. The zero-order valence-corrected chi connectivity index (χ0v) is 17.1. The van der Waals surface area contributed by atoms with Crippen LogP contribution < -0.4 is 15.4 Å². The number of hydrogen-bond donors (Lipinski definition) is 0. The molecule has 0 aliphatic carbocycles. The van der Waals surface area contributed by atoms with Crippen LogP contribution in [0, 0.1) is 5.82 Å². The number of morpholine rings is 1. The molecule has 29 heavy (non-hydrogen) atoms. The Hall–Kier alpha value is -2.45. The number of anilines is 2. The van der Waals surface area contributed by atoms with Gasteiger partial charge in [-0.15, -0.1) is 0 Å². The van der Waals surface area contributed by atoms with Gasteiger partial charge in [-0.2, -0.15) is 4.39 Å². The second-order valence-corrected chi connectivity index (χ2v) is 7.77. The quantitative estimate of drug-likeness (QED) is 0.759. The average molecular weight is 421 g/mol.